The molecular formula is C15H10N4O4S2. The zero-order valence-electron chi connectivity index (χ0n) is 12.4. The fraction of sp³-hybridized carbons (Fsp3) is 0.0667. The van der Waals surface area contributed by atoms with Gasteiger partial charge in [-0.3, -0.25) is 19.6 Å². The second-order valence-corrected chi connectivity index (χ2v) is 6.21. The molecule has 8 nitrogen and oxygen atoms in total. The number of para-hydroxylation sites is 1. The van der Waals surface area contributed by atoms with Crippen molar-refractivity contribution in [1.82, 2.24) is 19.9 Å². The van der Waals surface area contributed by atoms with Crippen molar-refractivity contribution in [3.8, 4) is 17.5 Å². The summed E-state index contributed by atoms with van der Waals surface area (Å²) in [5.41, 5.74) is -0.465. The second kappa shape index (κ2) is 5.53. The number of hydrogen-bond donors (Lipinski definition) is 5. The molecule has 0 unspecified atom stereocenters. The van der Waals surface area contributed by atoms with Gasteiger partial charge in [-0.25, -0.2) is 0 Å². The van der Waals surface area contributed by atoms with Crippen molar-refractivity contribution < 1.29 is 9.84 Å². The van der Waals surface area contributed by atoms with Gasteiger partial charge in [-0.2, -0.15) is 0 Å². The van der Waals surface area contributed by atoms with Gasteiger partial charge in [-0.05, 0) is 30.5 Å². The van der Waals surface area contributed by atoms with Crippen molar-refractivity contribution in [2.24, 2.45) is 0 Å². The van der Waals surface area contributed by atoms with Gasteiger partial charge in [0.1, 0.15) is 5.75 Å². The summed E-state index contributed by atoms with van der Waals surface area (Å²) < 4.78 is 5.80. The summed E-state index contributed by atoms with van der Waals surface area (Å²) in [6, 6.07) is 6.91. The molecule has 0 saturated heterocycles. The number of benzene rings is 1. The van der Waals surface area contributed by atoms with Gasteiger partial charge in [-0.15, -0.1) is 0 Å². The Morgan fingerprint density at radius 2 is 1.56 bits per heavy atom. The number of H-pyrrole nitrogens is 4. The first kappa shape index (κ1) is 15.5. The van der Waals surface area contributed by atoms with Crippen LogP contribution in [0.3, 0.4) is 0 Å². The Labute approximate surface area is 149 Å². The SMILES string of the molecule is O=c1[nH]c(=S)[nH]c(O)c1[C@@H]1c2ccccc2Oc2[nH]c(=S)[nH]c(=O)c21. The topological polar surface area (TPSA) is 127 Å². The van der Waals surface area contributed by atoms with Crippen molar-refractivity contribution in [2.45, 2.75) is 5.92 Å². The van der Waals surface area contributed by atoms with E-state index in [-0.39, 0.29) is 26.5 Å². The van der Waals surface area contributed by atoms with Crippen LogP contribution < -0.4 is 15.9 Å². The Morgan fingerprint density at radius 1 is 0.920 bits per heavy atom. The van der Waals surface area contributed by atoms with Gasteiger partial charge in [0.25, 0.3) is 11.1 Å². The van der Waals surface area contributed by atoms with Crippen LogP contribution in [0.15, 0.2) is 33.9 Å². The number of fused-ring (bicyclic) bond motifs is 2. The third-order valence-electron chi connectivity index (χ3n) is 3.92. The predicted octanol–water partition coefficient (Wildman–Crippen LogP) is 2.17. The highest BCUT2D eigenvalue weighted by molar-refractivity contribution is 7.71. The number of aromatic hydroxyl groups is 1. The molecule has 0 fully saturated rings. The highest BCUT2D eigenvalue weighted by Gasteiger charge is 2.35. The molecule has 1 aliphatic heterocycles. The molecule has 126 valence electrons. The summed E-state index contributed by atoms with van der Waals surface area (Å²) in [4.78, 5) is 35.2. The number of aromatic nitrogens is 4. The zero-order valence-corrected chi connectivity index (χ0v) is 14.0. The van der Waals surface area contributed by atoms with E-state index in [1.807, 2.05) is 0 Å². The number of nitrogens with one attached hydrogen (secondary N) is 4. The van der Waals surface area contributed by atoms with Crippen LogP contribution >= 0.6 is 24.4 Å². The molecule has 3 heterocycles. The van der Waals surface area contributed by atoms with E-state index in [0.29, 0.717) is 11.3 Å². The van der Waals surface area contributed by atoms with Gasteiger partial charge < -0.3 is 19.8 Å². The molecular weight excluding hydrogens is 364 g/mol. The number of hydrogen-bond acceptors (Lipinski definition) is 6. The molecule has 0 bridgehead atoms. The minimum atomic E-state index is -0.869. The lowest BCUT2D eigenvalue weighted by atomic mass is 9.85. The predicted molar refractivity (Wildman–Crippen MR) is 93.6 cm³/mol. The molecule has 1 atom stereocenters. The summed E-state index contributed by atoms with van der Waals surface area (Å²) in [5.74, 6) is -0.717. The lowest BCUT2D eigenvalue weighted by Crippen LogP contribution is -2.28. The Morgan fingerprint density at radius 3 is 2.28 bits per heavy atom. The molecule has 5 N–H and O–H groups in total. The molecule has 10 heteroatoms. The first-order valence-corrected chi connectivity index (χ1v) is 7.96. The van der Waals surface area contributed by atoms with E-state index >= 15 is 0 Å². The summed E-state index contributed by atoms with van der Waals surface area (Å²) in [7, 11) is 0. The van der Waals surface area contributed by atoms with E-state index in [4.69, 9.17) is 29.2 Å². The summed E-state index contributed by atoms with van der Waals surface area (Å²) in [5, 5.41) is 10.3. The van der Waals surface area contributed by atoms with E-state index in [1.54, 1.807) is 24.3 Å². The molecule has 2 aromatic heterocycles. The lowest BCUT2D eigenvalue weighted by Gasteiger charge is -2.26. The normalized spacial score (nSPS) is 15.1. The second-order valence-electron chi connectivity index (χ2n) is 5.39. The molecule has 0 saturated carbocycles. The molecule has 4 rings (SSSR count). The molecule has 0 aliphatic carbocycles. The van der Waals surface area contributed by atoms with Crippen molar-refractivity contribution in [1.29, 1.82) is 0 Å². The van der Waals surface area contributed by atoms with Gasteiger partial charge in [-0.1, -0.05) is 18.2 Å². The molecule has 3 aromatic rings. The van der Waals surface area contributed by atoms with Crippen LogP contribution in [0.4, 0.5) is 0 Å². The third-order valence-corrected chi connectivity index (χ3v) is 4.33. The van der Waals surface area contributed by atoms with Crippen molar-refractivity contribution in [3.05, 3.63) is 71.2 Å². The van der Waals surface area contributed by atoms with Crippen molar-refractivity contribution >= 4 is 24.4 Å². The molecule has 0 spiro atoms. The van der Waals surface area contributed by atoms with Crippen LogP contribution in [0.5, 0.6) is 17.5 Å². The third kappa shape index (κ3) is 2.42. The smallest absolute Gasteiger partial charge is 0.259 e. The first-order chi connectivity index (χ1) is 12.0. The fourth-order valence-corrected chi connectivity index (χ4v) is 3.32. The Kier molecular flexibility index (Phi) is 3.44. The quantitative estimate of drug-likeness (QED) is 0.325. The van der Waals surface area contributed by atoms with Crippen LogP contribution in [0, 0.1) is 9.54 Å². The van der Waals surface area contributed by atoms with Gasteiger partial charge in [0.05, 0.1) is 17.0 Å². The maximum absolute atomic E-state index is 12.5. The maximum Gasteiger partial charge on any atom is 0.259 e. The lowest BCUT2D eigenvalue weighted by molar-refractivity contribution is 0.417. The average molecular weight is 374 g/mol. The fourth-order valence-electron chi connectivity index (χ4n) is 2.95. The molecule has 0 radical (unpaired) electrons. The van der Waals surface area contributed by atoms with Crippen LogP contribution in [-0.2, 0) is 0 Å². The number of ether oxygens (including phenoxy) is 1. The number of rotatable bonds is 1. The average Bonchev–Trinajstić information content (AvgIpc) is 2.52. The number of aromatic amines is 4. The molecule has 25 heavy (non-hydrogen) atoms. The Hall–Kier alpha value is -2.98. The van der Waals surface area contributed by atoms with E-state index in [0.717, 1.165) is 0 Å². The van der Waals surface area contributed by atoms with Gasteiger partial charge >= 0.3 is 0 Å². The molecule has 0 amide bonds. The largest absolute Gasteiger partial charge is 0.494 e. The van der Waals surface area contributed by atoms with E-state index < -0.39 is 22.9 Å². The Balaban J connectivity index is 2.14. The van der Waals surface area contributed by atoms with Crippen LogP contribution in [0.2, 0.25) is 0 Å². The molecule has 1 aromatic carbocycles. The minimum Gasteiger partial charge on any atom is -0.494 e. The van der Waals surface area contributed by atoms with E-state index in [2.05, 4.69) is 19.9 Å². The van der Waals surface area contributed by atoms with Crippen LogP contribution in [-0.4, -0.2) is 25.0 Å². The maximum atomic E-state index is 12.5. The molecule has 1 aliphatic rings. The highest BCUT2D eigenvalue weighted by atomic mass is 32.1. The standard InChI is InChI=1S/C15H10N4O4S2/c20-10-8(11(21)17-14(24)16-10)7-5-3-1-2-4-6(5)23-13-9(7)12(22)18-15(25)19-13/h1-4,7H,(H2,18,19,22,25)(H3,16,17,20,21,24)/t7-/m0/s1. The van der Waals surface area contributed by atoms with E-state index in [1.165, 1.54) is 0 Å². The van der Waals surface area contributed by atoms with Crippen molar-refractivity contribution in [2.75, 3.05) is 0 Å². The Bertz CT molecular complexity index is 1210. The minimum absolute atomic E-state index is 0.0202. The first-order valence-electron chi connectivity index (χ1n) is 7.14. The van der Waals surface area contributed by atoms with Crippen LogP contribution in [0.25, 0.3) is 0 Å². The zero-order chi connectivity index (χ0) is 17.7. The van der Waals surface area contributed by atoms with Gasteiger partial charge in [0.15, 0.2) is 15.4 Å². The van der Waals surface area contributed by atoms with Gasteiger partial charge in [0.2, 0.25) is 5.88 Å². The highest BCUT2D eigenvalue weighted by Crippen LogP contribution is 2.45. The monoisotopic (exact) mass is 374 g/mol. The van der Waals surface area contributed by atoms with E-state index in [9.17, 15) is 14.7 Å². The van der Waals surface area contributed by atoms with Gasteiger partial charge in [0, 0.05) is 5.56 Å². The summed E-state index contributed by atoms with van der Waals surface area (Å²) in [6.45, 7) is 0. The summed E-state index contributed by atoms with van der Waals surface area (Å²) in [6.07, 6.45) is 0. The van der Waals surface area contributed by atoms with Crippen molar-refractivity contribution in [3.63, 3.8) is 0 Å². The summed E-state index contributed by atoms with van der Waals surface area (Å²) >= 11 is 9.84. The van der Waals surface area contributed by atoms with Crippen LogP contribution in [0.1, 0.15) is 22.6 Å².